The van der Waals surface area contributed by atoms with Gasteiger partial charge in [-0.25, -0.2) is 4.98 Å². The molecule has 0 bridgehead atoms. The third-order valence-corrected chi connectivity index (χ3v) is 6.09. The van der Waals surface area contributed by atoms with Crippen molar-refractivity contribution in [2.75, 3.05) is 18.4 Å². The number of likely N-dealkylation sites (tertiary alicyclic amines) is 1. The topological polar surface area (TPSA) is 106 Å². The summed E-state index contributed by atoms with van der Waals surface area (Å²) >= 11 is 11.9. The van der Waals surface area contributed by atoms with Gasteiger partial charge in [-0.15, -0.1) is 0 Å². The van der Waals surface area contributed by atoms with Crippen molar-refractivity contribution in [2.24, 2.45) is 0 Å². The lowest BCUT2D eigenvalue weighted by Crippen LogP contribution is -2.27. The zero-order chi connectivity index (χ0) is 24.2. The molecule has 7 nitrogen and oxygen atoms in total. The van der Waals surface area contributed by atoms with E-state index in [0.29, 0.717) is 16.4 Å². The molecule has 1 aliphatic rings. The molecule has 1 aromatic heterocycles. The van der Waals surface area contributed by atoms with Crippen LogP contribution in [0.15, 0.2) is 54.7 Å². The fourth-order valence-corrected chi connectivity index (χ4v) is 4.17. The normalized spacial score (nSPS) is 13.1. The van der Waals surface area contributed by atoms with Crippen molar-refractivity contribution in [3.8, 4) is 5.75 Å². The second kappa shape index (κ2) is 10.2. The van der Waals surface area contributed by atoms with Gasteiger partial charge in [-0.1, -0.05) is 47.5 Å². The van der Waals surface area contributed by atoms with Crippen molar-refractivity contribution in [1.29, 1.82) is 5.41 Å². The van der Waals surface area contributed by atoms with E-state index in [1.165, 1.54) is 24.4 Å². The zero-order valence-corrected chi connectivity index (χ0v) is 19.7. The minimum Gasteiger partial charge on any atom is -0.508 e. The third kappa shape index (κ3) is 5.38. The molecule has 0 spiro atoms. The second-order valence-electron chi connectivity index (χ2n) is 7.99. The SMILES string of the molecule is N=C(c1ccc(C(=O)Cc2c(O)cc(Cl)cc2C(=O)Nc2ccc(Cl)cn2)cc1)N1CCCC1. The molecule has 0 radical (unpaired) electrons. The van der Waals surface area contributed by atoms with E-state index in [-0.39, 0.29) is 39.9 Å². The molecule has 3 N–H and O–H groups in total. The maximum Gasteiger partial charge on any atom is 0.257 e. The number of aromatic hydroxyl groups is 1. The molecule has 0 aliphatic carbocycles. The number of halogens is 2. The number of aromatic nitrogens is 1. The number of pyridine rings is 1. The molecule has 9 heteroatoms. The summed E-state index contributed by atoms with van der Waals surface area (Å²) in [4.78, 5) is 31.9. The van der Waals surface area contributed by atoms with Crippen molar-refractivity contribution in [3.63, 3.8) is 0 Å². The highest BCUT2D eigenvalue weighted by Crippen LogP contribution is 2.29. The van der Waals surface area contributed by atoms with Gasteiger partial charge in [-0.2, -0.15) is 0 Å². The summed E-state index contributed by atoms with van der Waals surface area (Å²) < 4.78 is 0. The summed E-state index contributed by atoms with van der Waals surface area (Å²) in [5, 5.41) is 22.0. The molecule has 2 aromatic carbocycles. The standard InChI is InChI=1S/C25H22Cl2N4O3/c26-17-7-8-23(29-14-17)30-25(34)20-11-18(27)12-22(33)19(20)13-21(32)15-3-5-16(6-4-15)24(28)31-9-1-2-10-31/h3-8,11-12,14,28,33H,1-2,9-10,13H2,(H,29,30,34). The molecule has 1 saturated heterocycles. The van der Waals surface area contributed by atoms with E-state index in [2.05, 4.69) is 10.3 Å². The number of hydrogen-bond acceptors (Lipinski definition) is 5. The van der Waals surface area contributed by atoms with Gasteiger partial charge in [0.25, 0.3) is 5.91 Å². The first-order valence-corrected chi connectivity index (χ1v) is 11.5. The summed E-state index contributed by atoms with van der Waals surface area (Å²) in [6.45, 7) is 1.73. The maximum atomic E-state index is 13.0. The van der Waals surface area contributed by atoms with Gasteiger partial charge in [0.05, 0.1) is 5.02 Å². The Bertz CT molecular complexity index is 1240. The van der Waals surface area contributed by atoms with Gasteiger partial charge >= 0.3 is 0 Å². The molecule has 1 aliphatic heterocycles. The van der Waals surface area contributed by atoms with Gasteiger partial charge in [-0.05, 0) is 37.1 Å². The maximum absolute atomic E-state index is 13.0. The number of nitrogens with one attached hydrogen (secondary N) is 2. The Labute approximate surface area is 206 Å². The van der Waals surface area contributed by atoms with Crippen LogP contribution in [-0.2, 0) is 6.42 Å². The number of ketones is 1. The number of hydrogen-bond donors (Lipinski definition) is 3. The molecule has 4 rings (SSSR count). The van der Waals surface area contributed by atoms with Crippen LogP contribution in [0.3, 0.4) is 0 Å². The lowest BCUT2D eigenvalue weighted by atomic mass is 9.96. The molecule has 3 aromatic rings. The van der Waals surface area contributed by atoms with Crippen molar-refractivity contribution in [2.45, 2.75) is 19.3 Å². The number of anilines is 1. The van der Waals surface area contributed by atoms with Crippen LogP contribution in [0.1, 0.15) is 44.7 Å². The quantitative estimate of drug-likeness (QED) is 0.247. The van der Waals surface area contributed by atoms with E-state index < -0.39 is 5.91 Å². The summed E-state index contributed by atoms with van der Waals surface area (Å²) in [6.07, 6.45) is 3.34. The monoisotopic (exact) mass is 496 g/mol. The number of phenolic OH excluding ortho intramolecular Hbond substituents is 1. The van der Waals surface area contributed by atoms with Crippen molar-refractivity contribution in [3.05, 3.63) is 87.0 Å². The smallest absolute Gasteiger partial charge is 0.257 e. The number of carbonyl (C=O) groups is 2. The molecule has 0 saturated carbocycles. The minimum atomic E-state index is -0.565. The minimum absolute atomic E-state index is 0.0718. The molecule has 0 unspecified atom stereocenters. The Hall–Kier alpha value is -3.42. The highest BCUT2D eigenvalue weighted by Gasteiger charge is 2.21. The highest BCUT2D eigenvalue weighted by molar-refractivity contribution is 6.31. The summed E-state index contributed by atoms with van der Waals surface area (Å²) in [5.41, 5.74) is 1.39. The van der Waals surface area contributed by atoms with Gasteiger partial charge in [0, 0.05) is 53.0 Å². The fraction of sp³-hybridized carbons (Fsp3) is 0.200. The van der Waals surface area contributed by atoms with Gasteiger partial charge in [0.1, 0.15) is 17.4 Å². The van der Waals surface area contributed by atoms with Gasteiger partial charge in [0.15, 0.2) is 5.78 Å². The van der Waals surface area contributed by atoms with Crippen LogP contribution >= 0.6 is 23.2 Å². The number of nitrogens with zero attached hydrogens (tertiary/aromatic N) is 2. The number of phenols is 1. The molecular formula is C25H22Cl2N4O3. The Morgan fingerprint density at radius 2 is 1.68 bits per heavy atom. The Kier molecular flexibility index (Phi) is 7.14. The average molecular weight is 497 g/mol. The van der Waals surface area contributed by atoms with Crippen molar-refractivity contribution in [1.82, 2.24) is 9.88 Å². The Morgan fingerprint density at radius 1 is 1.00 bits per heavy atom. The fourth-order valence-electron chi connectivity index (χ4n) is 3.84. The largest absolute Gasteiger partial charge is 0.508 e. The number of Topliss-reactive ketones (excluding diaryl/α,β-unsaturated/α-hetero) is 1. The molecule has 174 valence electrons. The van der Waals surface area contributed by atoms with E-state index >= 15 is 0 Å². The number of amides is 1. The van der Waals surface area contributed by atoms with Gasteiger partial charge < -0.3 is 15.3 Å². The number of carbonyl (C=O) groups excluding carboxylic acids is 2. The molecule has 0 atom stereocenters. The first-order valence-electron chi connectivity index (χ1n) is 10.7. The number of benzene rings is 2. The van der Waals surface area contributed by atoms with E-state index in [9.17, 15) is 14.7 Å². The number of amidine groups is 1. The van der Waals surface area contributed by atoms with Crippen LogP contribution in [0.2, 0.25) is 10.0 Å². The van der Waals surface area contributed by atoms with Gasteiger partial charge in [-0.3, -0.25) is 15.0 Å². The predicted octanol–water partition coefficient (Wildman–Crippen LogP) is 5.19. The summed E-state index contributed by atoms with van der Waals surface area (Å²) in [5.74, 6) is -0.383. The third-order valence-electron chi connectivity index (χ3n) is 5.64. The van der Waals surface area contributed by atoms with Crippen LogP contribution in [0.25, 0.3) is 0 Å². The molecule has 2 heterocycles. The predicted molar refractivity (Wildman–Crippen MR) is 132 cm³/mol. The first-order chi connectivity index (χ1) is 16.3. The average Bonchev–Trinajstić information content (AvgIpc) is 3.36. The van der Waals surface area contributed by atoms with E-state index in [1.54, 1.807) is 30.3 Å². The van der Waals surface area contributed by atoms with Crippen LogP contribution in [-0.4, -0.2) is 45.6 Å². The molecular weight excluding hydrogens is 475 g/mol. The first kappa shape index (κ1) is 23.7. The van der Waals surface area contributed by atoms with E-state index in [0.717, 1.165) is 31.5 Å². The molecule has 34 heavy (non-hydrogen) atoms. The zero-order valence-electron chi connectivity index (χ0n) is 18.1. The summed E-state index contributed by atoms with van der Waals surface area (Å²) in [7, 11) is 0. The molecule has 1 amide bonds. The van der Waals surface area contributed by atoms with Crippen LogP contribution in [0, 0.1) is 5.41 Å². The number of rotatable bonds is 6. The van der Waals surface area contributed by atoms with E-state index in [4.69, 9.17) is 28.6 Å². The second-order valence-corrected chi connectivity index (χ2v) is 8.86. The van der Waals surface area contributed by atoms with Crippen molar-refractivity contribution >= 4 is 46.5 Å². The highest BCUT2D eigenvalue weighted by atomic mass is 35.5. The van der Waals surface area contributed by atoms with Crippen LogP contribution < -0.4 is 5.32 Å². The van der Waals surface area contributed by atoms with E-state index in [1.807, 2.05) is 4.90 Å². The Balaban J connectivity index is 1.53. The Morgan fingerprint density at radius 3 is 2.32 bits per heavy atom. The van der Waals surface area contributed by atoms with Crippen LogP contribution in [0.5, 0.6) is 5.75 Å². The summed E-state index contributed by atoms with van der Waals surface area (Å²) in [6, 6.07) is 12.6. The lowest BCUT2D eigenvalue weighted by Gasteiger charge is -2.18. The van der Waals surface area contributed by atoms with Crippen LogP contribution in [0.4, 0.5) is 5.82 Å². The lowest BCUT2D eigenvalue weighted by molar-refractivity contribution is 0.0991. The molecule has 1 fully saturated rings. The van der Waals surface area contributed by atoms with Gasteiger partial charge in [0.2, 0.25) is 0 Å². The van der Waals surface area contributed by atoms with Crippen molar-refractivity contribution < 1.29 is 14.7 Å².